The first-order valence-corrected chi connectivity index (χ1v) is 10.2. The monoisotopic (exact) mass is 428 g/mol. The number of hydrogen-bond donors (Lipinski definition) is 0. The van der Waals surface area contributed by atoms with Gasteiger partial charge in [0.15, 0.2) is 0 Å². The maximum atomic E-state index is 14.8. The molecule has 1 aliphatic rings. The highest BCUT2D eigenvalue weighted by molar-refractivity contribution is 5.26. The molecule has 0 N–H and O–H groups in total. The van der Waals surface area contributed by atoms with Crippen molar-refractivity contribution in [2.75, 3.05) is 13.1 Å². The van der Waals surface area contributed by atoms with E-state index in [9.17, 15) is 18.0 Å². The third kappa shape index (κ3) is 5.35. The number of halogens is 3. The molecule has 0 aliphatic carbocycles. The Morgan fingerprint density at radius 1 is 0.935 bits per heavy atom. The lowest BCUT2D eigenvalue weighted by Crippen LogP contribution is -2.36. The molecule has 1 aliphatic heterocycles. The summed E-state index contributed by atoms with van der Waals surface area (Å²) in [5, 5.41) is 0. The summed E-state index contributed by atoms with van der Waals surface area (Å²) in [5.41, 5.74) is 1.03. The average molecular weight is 428 g/mol. The number of rotatable bonds is 8. The first-order valence-electron chi connectivity index (χ1n) is 10.2. The number of likely N-dealkylation sites (tertiary alicyclic amines) is 1. The Balaban J connectivity index is 1.39. The zero-order chi connectivity index (χ0) is 21.8. The lowest BCUT2D eigenvalue weighted by atomic mass is 10.0. The topological polar surface area (TPSA) is 34.5 Å². The average Bonchev–Trinajstić information content (AvgIpc) is 2.72. The van der Waals surface area contributed by atoms with Crippen molar-refractivity contribution < 1.29 is 17.9 Å². The molecule has 2 aromatic carbocycles. The van der Waals surface area contributed by atoms with Crippen LogP contribution in [0, 0.1) is 5.82 Å². The summed E-state index contributed by atoms with van der Waals surface area (Å²) in [7, 11) is 0. The summed E-state index contributed by atoms with van der Waals surface area (Å²) in [5.74, 6) is -3.27. The molecule has 1 saturated heterocycles. The van der Waals surface area contributed by atoms with E-state index in [-0.39, 0.29) is 23.7 Å². The van der Waals surface area contributed by atoms with Crippen LogP contribution in [0.25, 0.3) is 0 Å². The van der Waals surface area contributed by atoms with Gasteiger partial charge in [0.25, 0.3) is 11.5 Å². The lowest BCUT2D eigenvalue weighted by molar-refractivity contribution is -0.0232. The van der Waals surface area contributed by atoms with Crippen molar-refractivity contribution in [3.63, 3.8) is 0 Å². The van der Waals surface area contributed by atoms with E-state index >= 15 is 0 Å². The zero-order valence-corrected chi connectivity index (χ0v) is 16.9. The highest BCUT2D eigenvalue weighted by Crippen LogP contribution is 2.30. The van der Waals surface area contributed by atoms with Crippen molar-refractivity contribution in [3.05, 3.63) is 99.7 Å². The number of pyridine rings is 1. The van der Waals surface area contributed by atoms with Gasteiger partial charge in [-0.3, -0.25) is 9.69 Å². The van der Waals surface area contributed by atoms with Gasteiger partial charge in [0.2, 0.25) is 0 Å². The lowest BCUT2D eigenvalue weighted by Gasteiger charge is -2.30. The quantitative estimate of drug-likeness (QED) is 0.527. The van der Waals surface area contributed by atoms with E-state index in [1.54, 1.807) is 24.3 Å². The molecule has 0 saturated carbocycles. The first-order chi connectivity index (χ1) is 14.9. The second kappa shape index (κ2) is 8.98. The second-order valence-corrected chi connectivity index (χ2v) is 7.77. The van der Waals surface area contributed by atoms with Gasteiger partial charge in [0, 0.05) is 24.4 Å². The fraction of sp³-hybridized carbons (Fsp3) is 0.292. The summed E-state index contributed by atoms with van der Waals surface area (Å²) >= 11 is 0. The van der Waals surface area contributed by atoms with Gasteiger partial charge in [-0.05, 0) is 48.8 Å². The molecule has 0 unspecified atom stereocenters. The number of alkyl halides is 2. The molecule has 7 heteroatoms. The second-order valence-electron chi connectivity index (χ2n) is 7.77. The normalized spacial score (nSPS) is 14.3. The van der Waals surface area contributed by atoms with E-state index in [1.807, 2.05) is 0 Å². The largest absolute Gasteiger partial charge is 0.489 e. The third-order valence-corrected chi connectivity index (χ3v) is 5.39. The van der Waals surface area contributed by atoms with Crippen molar-refractivity contribution in [3.8, 4) is 5.75 Å². The number of hydrogen-bond acceptors (Lipinski definition) is 3. The standard InChI is InChI=1S/C24H23F3N2O2/c25-21-8-4-19(5-9-21)16-31-22-10-13-29(23(30)14-22)17-24(26,27)20-6-2-18(3-7-20)15-28-11-1-12-28/h2-10,13-14H,1,11-12,15-17H2. The summed E-state index contributed by atoms with van der Waals surface area (Å²) in [6, 6.07) is 14.7. The molecule has 4 rings (SSSR count). The van der Waals surface area contributed by atoms with Crippen LogP contribution in [0.1, 0.15) is 23.1 Å². The summed E-state index contributed by atoms with van der Waals surface area (Å²) < 4.78 is 49.0. The van der Waals surface area contributed by atoms with E-state index in [4.69, 9.17) is 4.74 Å². The SMILES string of the molecule is O=c1cc(OCc2ccc(F)cc2)ccn1CC(F)(F)c1ccc(CN2CCC2)cc1. The molecule has 3 aromatic rings. The fourth-order valence-corrected chi connectivity index (χ4v) is 3.41. The highest BCUT2D eigenvalue weighted by atomic mass is 19.3. The van der Waals surface area contributed by atoms with E-state index in [2.05, 4.69) is 4.90 Å². The van der Waals surface area contributed by atoms with Gasteiger partial charge >= 0.3 is 0 Å². The first kappa shape index (κ1) is 21.2. The summed E-state index contributed by atoms with van der Waals surface area (Å²) in [6.45, 7) is 2.25. The number of ether oxygens (including phenoxy) is 1. The van der Waals surface area contributed by atoms with Gasteiger partial charge in [-0.25, -0.2) is 4.39 Å². The van der Waals surface area contributed by atoms with Crippen LogP contribution in [0.4, 0.5) is 13.2 Å². The van der Waals surface area contributed by atoms with Crippen molar-refractivity contribution in [2.24, 2.45) is 0 Å². The highest BCUT2D eigenvalue weighted by Gasteiger charge is 2.32. The van der Waals surface area contributed by atoms with Crippen LogP contribution < -0.4 is 10.3 Å². The van der Waals surface area contributed by atoms with Gasteiger partial charge in [-0.1, -0.05) is 36.4 Å². The molecular weight excluding hydrogens is 405 g/mol. The molecule has 0 bridgehead atoms. The summed E-state index contributed by atoms with van der Waals surface area (Å²) in [6.07, 6.45) is 2.48. The van der Waals surface area contributed by atoms with Crippen LogP contribution in [-0.4, -0.2) is 22.6 Å². The summed E-state index contributed by atoms with van der Waals surface area (Å²) in [4.78, 5) is 14.6. The van der Waals surface area contributed by atoms with Crippen LogP contribution in [0.3, 0.4) is 0 Å². The van der Waals surface area contributed by atoms with Crippen molar-refractivity contribution in [1.29, 1.82) is 0 Å². The van der Waals surface area contributed by atoms with E-state index in [0.717, 1.165) is 35.3 Å². The zero-order valence-electron chi connectivity index (χ0n) is 16.9. The van der Waals surface area contributed by atoms with Crippen LogP contribution in [0.5, 0.6) is 5.75 Å². The molecule has 162 valence electrons. The Kier molecular flexibility index (Phi) is 6.13. The van der Waals surface area contributed by atoms with E-state index in [1.165, 1.54) is 49.0 Å². The Hall–Kier alpha value is -3.06. The minimum Gasteiger partial charge on any atom is -0.489 e. The van der Waals surface area contributed by atoms with Crippen LogP contribution in [0.2, 0.25) is 0 Å². The predicted octanol–water partition coefficient (Wildman–Crippen LogP) is 4.56. The van der Waals surface area contributed by atoms with Crippen LogP contribution in [-0.2, 0) is 25.6 Å². The van der Waals surface area contributed by atoms with Crippen molar-refractivity contribution in [2.45, 2.75) is 32.0 Å². The molecule has 1 fully saturated rings. The third-order valence-electron chi connectivity index (χ3n) is 5.39. The van der Waals surface area contributed by atoms with Gasteiger partial charge in [-0.2, -0.15) is 8.78 Å². The van der Waals surface area contributed by atoms with Gasteiger partial charge in [-0.15, -0.1) is 0 Å². The molecule has 2 heterocycles. The Morgan fingerprint density at radius 2 is 1.61 bits per heavy atom. The van der Waals surface area contributed by atoms with Crippen molar-refractivity contribution >= 4 is 0 Å². The Morgan fingerprint density at radius 3 is 2.23 bits per heavy atom. The molecule has 0 radical (unpaired) electrons. The molecule has 1 aromatic heterocycles. The van der Waals surface area contributed by atoms with Crippen LogP contribution >= 0.6 is 0 Å². The smallest absolute Gasteiger partial charge is 0.290 e. The predicted molar refractivity (Wildman–Crippen MR) is 112 cm³/mol. The number of aromatic nitrogens is 1. The fourth-order valence-electron chi connectivity index (χ4n) is 3.41. The molecule has 0 spiro atoms. The number of nitrogens with zero attached hydrogens (tertiary/aromatic N) is 2. The molecular formula is C24H23F3N2O2. The van der Waals surface area contributed by atoms with E-state index < -0.39 is 18.0 Å². The maximum absolute atomic E-state index is 14.8. The minimum absolute atomic E-state index is 0.122. The number of benzene rings is 2. The molecule has 4 nitrogen and oxygen atoms in total. The van der Waals surface area contributed by atoms with Crippen LogP contribution in [0.15, 0.2) is 71.7 Å². The molecule has 0 atom stereocenters. The van der Waals surface area contributed by atoms with E-state index in [0.29, 0.717) is 0 Å². The van der Waals surface area contributed by atoms with Crippen molar-refractivity contribution in [1.82, 2.24) is 9.47 Å². The Labute approximate surface area is 178 Å². The van der Waals surface area contributed by atoms with Gasteiger partial charge in [0.05, 0.1) is 6.54 Å². The van der Waals surface area contributed by atoms with Gasteiger partial charge < -0.3 is 9.30 Å². The Bertz CT molecular complexity index is 1080. The molecule has 0 amide bonds. The minimum atomic E-state index is -3.18. The maximum Gasteiger partial charge on any atom is 0.290 e. The molecule has 31 heavy (non-hydrogen) atoms. The van der Waals surface area contributed by atoms with Gasteiger partial charge in [0.1, 0.15) is 18.2 Å².